The number of anilines is 1. The van der Waals surface area contributed by atoms with Gasteiger partial charge in [0.05, 0.1) is 12.6 Å². The number of nitrogens with zero attached hydrogens (tertiary/aromatic N) is 2. The van der Waals surface area contributed by atoms with Crippen molar-refractivity contribution in [1.29, 1.82) is 0 Å². The van der Waals surface area contributed by atoms with Crippen molar-refractivity contribution in [1.82, 2.24) is 15.1 Å². The Kier molecular flexibility index (Phi) is 10.2. The molecule has 1 aromatic rings. The summed E-state index contributed by atoms with van der Waals surface area (Å²) in [5, 5.41) is 5.98. The SMILES string of the molecule is CC(C(=O)Nc1cccc(F)c1)N1CCN(C(=O)CNCC2CC2)CC1.Cl.Cl. The van der Waals surface area contributed by atoms with Crippen LogP contribution in [0.4, 0.5) is 10.1 Å². The van der Waals surface area contributed by atoms with Crippen molar-refractivity contribution in [2.45, 2.75) is 25.8 Å². The van der Waals surface area contributed by atoms with E-state index in [0.717, 1.165) is 12.5 Å². The number of rotatable bonds is 7. The van der Waals surface area contributed by atoms with Crippen LogP contribution < -0.4 is 10.6 Å². The zero-order valence-electron chi connectivity index (χ0n) is 16.0. The molecule has 1 aliphatic carbocycles. The Balaban J connectivity index is 0.00000196. The molecular weight excluding hydrogens is 406 g/mol. The van der Waals surface area contributed by atoms with Gasteiger partial charge < -0.3 is 15.5 Å². The average molecular weight is 435 g/mol. The molecule has 1 aromatic carbocycles. The highest BCUT2D eigenvalue weighted by molar-refractivity contribution is 5.94. The van der Waals surface area contributed by atoms with Crippen LogP contribution in [-0.2, 0) is 9.59 Å². The maximum Gasteiger partial charge on any atom is 0.241 e. The minimum Gasteiger partial charge on any atom is -0.339 e. The number of piperazine rings is 1. The van der Waals surface area contributed by atoms with Gasteiger partial charge in [-0.25, -0.2) is 4.39 Å². The second kappa shape index (κ2) is 11.6. The summed E-state index contributed by atoms with van der Waals surface area (Å²) in [6.45, 7) is 5.74. The third kappa shape index (κ3) is 7.20. The third-order valence-corrected chi connectivity index (χ3v) is 5.09. The number of nitrogens with one attached hydrogen (secondary N) is 2. The van der Waals surface area contributed by atoms with Crippen LogP contribution >= 0.6 is 24.8 Å². The molecule has 1 saturated carbocycles. The number of carbonyl (C=O) groups is 2. The topological polar surface area (TPSA) is 64.7 Å². The van der Waals surface area contributed by atoms with Gasteiger partial charge in [0.15, 0.2) is 0 Å². The first kappa shape index (κ1) is 24.6. The van der Waals surface area contributed by atoms with E-state index in [-0.39, 0.29) is 48.5 Å². The summed E-state index contributed by atoms with van der Waals surface area (Å²) < 4.78 is 13.2. The first-order chi connectivity index (χ1) is 12.5. The fraction of sp³-hybridized carbons (Fsp3) is 0.579. The summed E-state index contributed by atoms with van der Waals surface area (Å²) >= 11 is 0. The first-order valence-electron chi connectivity index (χ1n) is 9.32. The Morgan fingerprint density at radius 1 is 1.18 bits per heavy atom. The molecule has 1 unspecified atom stereocenters. The molecule has 0 spiro atoms. The molecule has 1 saturated heterocycles. The summed E-state index contributed by atoms with van der Waals surface area (Å²) in [7, 11) is 0. The van der Waals surface area contributed by atoms with Crippen LogP contribution in [-0.4, -0.2) is 66.9 Å². The molecule has 2 N–H and O–H groups in total. The Labute approximate surface area is 178 Å². The van der Waals surface area contributed by atoms with E-state index in [0.29, 0.717) is 38.4 Å². The number of carbonyl (C=O) groups excluding carboxylic acids is 2. The maximum atomic E-state index is 13.2. The lowest BCUT2D eigenvalue weighted by Gasteiger charge is -2.37. The molecule has 9 heteroatoms. The molecule has 6 nitrogen and oxygen atoms in total. The van der Waals surface area contributed by atoms with E-state index in [4.69, 9.17) is 0 Å². The van der Waals surface area contributed by atoms with Crippen LogP contribution in [0.2, 0.25) is 0 Å². The summed E-state index contributed by atoms with van der Waals surface area (Å²) in [5.41, 5.74) is 0.456. The fourth-order valence-electron chi connectivity index (χ4n) is 3.15. The Bertz CT molecular complexity index is 653. The van der Waals surface area contributed by atoms with Gasteiger partial charge in [-0.15, -0.1) is 24.8 Å². The zero-order valence-corrected chi connectivity index (χ0v) is 17.7. The molecule has 28 heavy (non-hydrogen) atoms. The van der Waals surface area contributed by atoms with Gasteiger partial charge in [0.2, 0.25) is 11.8 Å². The molecule has 0 aromatic heterocycles. The molecule has 1 heterocycles. The molecule has 3 rings (SSSR count). The van der Waals surface area contributed by atoms with Crippen molar-refractivity contribution in [3.63, 3.8) is 0 Å². The third-order valence-electron chi connectivity index (χ3n) is 5.09. The van der Waals surface area contributed by atoms with E-state index in [1.54, 1.807) is 12.1 Å². The molecule has 1 aliphatic heterocycles. The average Bonchev–Trinajstić information content (AvgIpc) is 3.45. The number of benzene rings is 1. The smallest absolute Gasteiger partial charge is 0.241 e. The first-order valence-corrected chi connectivity index (χ1v) is 9.32. The van der Waals surface area contributed by atoms with Crippen molar-refractivity contribution in [2.75, 3.05) is 44.6 Å². The lowest BCUT2D eigenvalue weighted by Crippen LogP contribution is -2.55. The molecular formula is C19H29Cl2FN4O2. The monoisotopic (exact) mass is 434 g/mol. The van der Waals surface area contributed by atoms with E-state index in [1.165, 1.54) is 25.0 Å². The summed E-state index contributed by atoms with van der Waals surface area (Å²) in [4.78, 5) is 28.5. The Morgan fingerprint density at radius 3 is 2.46 bits per heavy atom. The van der Waals surface area contributed by atoms with Crippen molar-refractivity contribution in [2.24, 2.45) is 5.92 Å². The zero-order chi connectivity index (χ0) is 18.5. The lowest BCUT2D eigenvalue weighted by molar-refractivity contribution is -0.132. The van der Waals surface area contributed by atoms with Gasteiger partial charge >= 0.3 is 0 Å². The second-order valence-corrected chi connectivity index (χ2v) is 7.17. The van der Waals surface area contributed by atoms with Gasteiger partial charge in [-0.2, -0.15) is 0 Å². The molecule has 2 fully saturated rings. The Morgan fingerprint density at radius 2 is 1.86 bits per heavy atom. The predicted molar refractivity (Wildman–Crippen MR) is 113 cm³/mol. The van der Waals surface area contributed by atoms with Crippen LogP contribution in [0.25, 0.3) is 0 Å². The van der Waals surface area contributed by atoms with Crippen molar-refractivity contribution < 1.29 is 14.0 Å². The lowest BCUT2D eigenvalue weighted by atomic mass is 10.2. The number of hydrogen-bond donors (Lipinski definition) is 2. The van der Waals surface area contributed by atoms with Crippen LogP contribution in [0, 0.1) is 11.7 Å². The highest BCUT2D eigenvalue weighted by Gasteiger charge is 2.28. The fourth-order valence-corrected chi connectivity index (χ4v) is 3.15. The maximum absolute atomic E-state index is 13.2. The van der Waals surface area contributed by atoms with E-state index in [1.807, 2.05) is 11.8 Å². The van der Waals surface area contributed by atoms with Crippen molar-refractivity contribution >= 4 is 42.3 Å². The molecule has 1 atom stereocenters. The Hall–Kier alpha value is -1.41. The van der Waals surface area contributed by atoms with Gasteiger partial charge in [-0.3, -0.25) is 14.5 Å². The number of halogens is 3. The van der Waals surface area contributed by atoms with Crippen molar-refractivity contribution in [3.8, 4) is 0 Å². The molecule has 2 aliphatic rings. The number of amides is 2. The summed E-state index contributed by atoms with van der Waals surface area (Å²) in [6.07, 6.45) is 2.55. The minimum absolute atomic E-state index is 0. The van der Waals surface area contributed by atoms with E-state index >= 15 is 0 Å². The second-order valence-electron chi connectivity index (χ2n) is 7.17. The van der Waals surface area contributed by atoms with Crippen LogP contribution in [0.3, 0.4) is 0 Å². The highest BCUT2D eigenvalue weighted by Crippen LogP contribution is 2.27. The molecule has 158 valence electrons. The van der Waals surface area contributed by atoms with Gasteiger partial charge in [0.1, 0.15) is 5.82 Å². The van der Waals surface area contributed by atoms with Gasteiger partial charge in [0.25, 0.3) is 0 Å². The van der Waals surface area contributed by atoms with Gasteiger partial charge in [0, 0.05) is 31.9 Å². The minimum atomic E-state index is -0.377. The molecule has 2 amide bonds. The van der Waals surface area contributed by atoms with Gasteiger partial charge in [-0.1, -0.05) is 6.07 Å². The van der Waals surface area contributed by atoms with E-state index < -0.39 is 0 Å². The van der Waals surface area contributed by atoms with Crippen LogP contribution in [0.15, 0.2) is 24.3 Å². The molecule has 0 bridgehead atoms. The standard InChI is InChI=1S/C19H27FN4O2.2ClH/c1-14(19(26)22-17-4-2-3-16(20)11-17)23-7-9-24(10-8-23)18(25)13-21-12-15-5-6-15;;/h2-4,11,14-15,21H,5-10,12-13H2,1H3,(H,22,26);2*1H. The summed E-state index contributed by atoms with van der Waals surface area (Å²) in [5.74, 6) is 0.346. The predicted octanol–water partition coefficient (Wildman–Crippen LogP) is 2.14. The normalized spacial score (nSPS) is 17.9. The number of hydrogen-bond acceptors (Lipinski definition) is 4. The van der Waals surface area contributed by atoms with Gasteiger partial charge in [-0.05, 0) is 50.4 Å². The highest BCUT2D eigenvalue weighted by atomic mass is 35.5. The van der Waals surface area contributed by atoms with Crippen LogP contribution in [0.1, 0.15) is 19.8 Å². The van der Waals surface area contributed by atoms with E-state index in [9.17, 15) is 14.0 Å². The van der Waals surface area contributed by atoms with E-state index in [2.05, 4.69) is 15.5 Å². The van der Waals surface area contributed by atoms with Crippen LogP contribution in [0.5, 0.6) is 0 Å². The molecule has 0 radical (unpaired) electrons. The van der Waals surface area contributed by atoms with Crippen molar-refractivity contribution in [3.05, 3.63) is 30.1 Å². The summed E-state index contributed by atoms with van der Waals surface area (Å²) in [6, 6.07) is 5.55. The largest absolute Gasteiger partial charge is 0.339 e. The quantitative estimate of drug-likeness (QED) is 0.689.